The molecular formula is C14H21N5O. The summed E-state index contributed by atoms with van der Waals surface area (Å²) in [4.78, 5) is 16.2. The van der Waals surface area contributed by atoms with E-state index in [0.29, 0.717) is 19.6 Å². The molecule has 0 radical (unpaired) electrons. The van der Waals surface area contributed by atoms with Crippen molar-refractivity contribution in [1.29, 1.82) is 5.26 Å². The average Bonchev–Trinajstić information content (AvgIpc) is 2.98. The summed E-state index contributed by atoms with van der Waals surface area (Å²) in [6.07, 6.45) is 5.38. The SMILES string of the molecule is CCCC(C#N)N1CCN(C(=O)Cn2cccn2)CC1. The highest BCUT2D eigenvalue weighted by atomic mass is 16.2. The van der Waals surface area contributed by atoms with Gasteiger partial charge in [0.2, 0.25) is 5.91 Å². The first-order chi connectivity index (χ1) is 9.74. The van der Waals surface area contributed by atoms with Crippen LogP contribution < -0.4 is 0 Å². The Kier molecular flexibility index (Phi) is 5.13. The molecule has 1 aromatic rings. The highest BCUT2D eigenvalue weighted by Gasteiger charge is 2.25. The van der Waals surface area contributed by atoms with Crippen LogP contribution in [0.15, 0.2) is 18.5 Å². The van der Waals surface area contributed by atoms with E-state index < -0.39 is 0 Å². The van der Waals surface area contributed by atoms with Crippen molar-refractivity contribution in [3.63, 3.8) is 0 Å². The van der Waals surface area contributed by atoms with Crippen LogP contribution in [-0.2, 0) is 11.3 Å². The van der Waals surface area contributed by atoms with Crippen molar-refractivity contribution < 1.29 is 4.79 Å². The van der Waals surface area contributed by atoms with Crippen LogP contribution in [0.3, 0.4) is 0 Å². The van der Waals surface area contributed by atoms with Crippen molar-refractivity contribution in [2.45, 2.75) is 32.4 Å². The lowest BCUT2D eigenvalue weighted by atomic mass is 10.1. The van der Waals surface area contributed by atoms with Gasteiger partial charge in [0.15, 0.2) is 0 Å². The van der Waals surface area contributed by atoms with Crippen LogP contribution in [-0.4, -0.2) is 57.7 Å². The summed E-state index contributed by atoms with van der Waals surface area (Å²) in [5.41, 5.74) is 0. The number of rotatable bonds is 5. The van der Waals surface area contributed by atoms with E-state index in [-0.39, 0.29) is 11.9 Å². The van der Waals surface area contributed by atoms with Gasteiger partial charge in [0.05, 0.1) is 12.1 Å². The first-order valence-corrected chi connectivity index (χ1v) is 7.13. The number of piperazine rings is 1. The second kappa shape index (κ2) is 7.06. The monoisotopic (exact) mass is 275 g/mol. The van der Waals surface area contributed by atoms with Gasteiger partial charge in [-0.1, -0.05) is 13.3 Å². The molecule has 0 saturated carbocycles. The predicted molar refractivity (Wildman–Crippen MR) is 74.7 cm³/mol. The Morgan fingerprint density at radius 2 is 2.15 bits per heavy atom. The number of carbonyl (C=O) groups excluding carboxylic acids is 1. The summed E-state index contributed by atoms with van der Waals surface area (Å²) in [7, 11) is 0. The minimum Gasteiger partial charge on any atom is -0.339 e. The van der Waals surface area contributed by atoms with Gasteiger partial charge in [0.25, 0.3) is 0 Å². The Labute approximate surface area is 119 Å². The van der Waals surface area contributed by atoms with Gasteiger partial charge < -0.3 is 4.90 Å². The van der Waals surface area contributed by atoms with E-state index in [4.69, 9.17) is 0 Å². The molecule has 0 aromatic carbocycles. The topological polar surface area (TPSA) is 65.2 Å². The van der Waals surface area contributed by atoms with Gasteiger partial charge in [-0.15, -0.1) is 0 Å². The van der Waals surface area contributed by atoms with Crippen molar-refractivity contribution in [1.82, 2.24) is 19.6 Å². The number of nitriles is 1. The van der Waals surface area contributed by atoms with Crippen molar-refractivity contribution >= 4 is 5.91 Å². The number of aromatic nitrogens is 2. The standard InChI is InChI=1S/C14H21N5O/c1-2-4-13(11-15)17-7-9-18(10-8-17)14(20)12-19-6-3-5-16-19/h3,5-6,13H,2,4,7-10,12H2,1H3. The minimum absolute atomic E-state index is 0.0108. The summed E-state index contributed by atoms with van der Waals surface area (Å²) in [6.45, 7) is 5.34. The summed E-state index contributed by atoms with van der Waals surface area (Å²) in [6, 6.07) is 4.16. The second-order valence-corrected chi connectivity index (χ2v) is 5.05. The highest BCUT2D eigenvalue weighted by molar-refractivity contribution is 5.76. The lowest BCUT2D eigenvalue weighted by Gasteiger charge is -2.36. The van der Waals surface area contributed by atoms with Crippen molar-refractivity contribution in [2.75, 3.05) is 26.2 Å². The largest absolute Gasteiger partial charge is 0.339 e. The zero-order valence-electron chi connectivity index (χ0n) is 11.9. The Hall–Kier alpha value is -1.87. The Balaban J connectivity index is 1.82. The molecule has 1 aliphatic heterocycles. The van der Waals surface area contributed by atoms with Gasteiger partial charge in [0, 0.05) is 38.6 Å². The van der Waals surface area contributed by atoms with E-state index in [1.54, 1.807) is 17.1 Å². The van der Waals surface area contributed by atoms with E-state index in [2.05, 4.69) is 23.0 Å². The van der Waals surface area contributed by atoms with Crippen molar-refractivity contribution in [3.05, 3.63) is 18.5 Å². The third kappa shape index (κ3) is 3.58. The van der Waals surface area contributed by atoms with Gasteiger partial charge in [0.1, 0.15) is 6.54 Å². The van der Waals surface area contributed by atoms with Crippen LogP contribution in [0.5, 0.6) is 0 Å². The fourth-order valence-electron chi connectivity index (χ4n) is 2.52. The van der Waals surface area contributed by atoms with Crippen LogP contribution in [0.4, 0.5) is 0 Å². The molecule has 1 saturated heterocycles. The van der Waals surface area contributed by atoms with E-state index in [0.717, 1.165) is 25.9 Å². The van der Waals surface area contributed by atoms with Crippen molar-refractivity contribution in [3.8, 4) is 6.07 Å². The Morgan fingerprint density at radius 3 is 2.70 bits per heavy atom. The smallest absolute Gasteiger partial charge is 0.244 e. The third-order valence-electron chi connectivity index (χ3n) is 3.68. The number of carbonyl (C=O) groups is 1. The molecule has 0 spiro atoms. The van der Waals surface area contributed by atoms with Crippen LogP contribution in [0.1, 0.15) is 19.8 Å². The maximum absolute atomic E-state index is 12.1. The first kappa shape index (κ1) is 14.5. The molecule has 1 amide bonds. The lowest BCUT2D eigenvalue weighted by molar-refractivity contribution is -0.134. The molecule has 2 rings (SSSR count). The molecule has 0 bridgehead atoms. The van der Waals surface area contributed by atoms with E-state index in [1.807, 2.05) is 11.0 Å². The van der Waals surface area contributed by atoms with Crippen LogP contribution in [0.25, 0.3) is 0 Å². The molecule has 1 atom stereocenters. The summed E-state index contributed by atoms with van der Waals surface area (Å²) >= 11 is 0. The van der Waals surface area contributed by atoms with Crippen LogP contribution >= 0.6 is 0 Å². The normalized spacial score (nSPS) is 17.7. The number of hydrogen-bond donors (Lipinski definition) is 0. The van der Waals surface area contributed by atoms with E-state index in [1.165, 1.54) is 0 Å². The van der Waals surface area contributed by atoms with E-state index in [9.17, 15) is 10.1 Å². The lowest BCUT2D eigenvalue weighted by Crippen LogP contribution is -2.52. The van der Waals surface area contributed by atoms with Crippen LogP contribution in [0, 0.1) is 11.3 Å². The number of hydrogen-bond acceptors (Lipinski definition) is 4. The molecule has 0 N–H and O–H groups in total. The maximum atomic E-state index is 12.1. The number of nitrogens with zero attached hydrogens (tertiary/aromatic N) is 5. The molecule has 6 nitrogen and oxygen atoms in total. The molecule has 6 heteroatoms. The third-order valence-corrected chi connectivity index (χ3v) is 3.68. The maximum Gasteiger partial charge on any atom is 0.244 e. The number of amides is 1. The highest BCUT2D eigenvalue weighted by Crippen LogP contribution is 2.11. The predicted octanol–water partition coefficient (Wildman–Crippen LogP) is 0.720. The fraction of sp³-hybridized carbons (Fsp3) is 0.643. The zero-order chi connectivity index (χ0) is 14.4. The quantitative estimate of drug-likeness (QED) is 0.794. The minimum atomic E-state index is -0.0108. The van der Waals surface area contributed by atoms with Crippen molar-refractivity contribution in [2.24, 2.45) is 0 Å². The molecule has 2 heterocycles. The van der Waals surface area contributed by atoms with Gasteiger partial charge in [-0.05, 0) is 12.5 Å². The van der Waals surface area contributed by atoms with Gasteiger partial charge in [-0.25, -0.2) is 0 Å². The molecule has 1 aromatic heterocycles. The van der Waals surface area contributed by atoms with Gasteiger partial charge in [-0.2, -0.15) is 10.4 Å². The molecule has 0 aliphatic carbocycles. The van der Waals surface area contributed by atoms with Gasteiger partial charge >= 0.3 is 0 Å². The Morgan fingerprint density at radius 1 is 1.40 bits per heavy atom. The second-order valence-electron chi connectivity index (χ2n) is 5.05. The zero-order valence-corrected chi connectivity index (χ0v) is 11.9. The fourth-order valence-corrected chi connectivity index (χ4v) is 2.52. The molecule has 20 heavy (non-hydrogen) atoms. The molecular weight excluding hydrogens is 254 g/mol. The average molecular weight is 275 g/mol. The van der Waals surface area contributed by atoms with Crippen LogP contribution in [0.2, 0.25) is 0 Å². The Bertz CT molecular complexity index is 456. The molecule has 1 aliphatic rings. The summed E-state index contributed by atoms with van der Waals surface area (Å²) < 4.78 is 1.64. The first-order valence-electron chi connectivity index (χ1n) is 7.13. The molecule has 1 fully saturated rings. The summed E-state index contributed by atoms with van der Waals surface area (Å²) in [5.74, 6) is 0.0948. The molecule has 108 valence electrons. The van der Waals surface area contributed by atoms with Gasteiger partial charge in [-0.3, -0.25) is 14.4 Å². The molecule has 1 unspecified atom stereocenters. The van der Waals surface area contributed by atoms with E-state index >= 15 is 0 Å². The summed E-state index contributed by atoms with van der Waals surface area (Å²) in [5, 5.41) is 13.2.